The Kier molecular flexibility index (Phi) is 5.65. The number of hydrogen-bond donors (Lipinski definition) is 1. The fourth-order valence-corrected chi connectivity index (χ4v) is 4.01. The number of benzene rings is 2. The maximum Gasteiger partial charge on any atom is 0.215 e. The maximum absolute atomic E-state index is 6.49. The molecule has 2 heterocycles. The van der Waals surface area contributed by atoms with Crippen LogP contribution in [0.4, 0.5) is 0 Å². The van der Waals surface area contributed by atoms with Gasteiger partial charge in [-0.05, 0) is 29.8 Å². The lowest BCUT2D eigenvalue weighted by Gasteiger charge is -2.30. The van der Waals surface area contributed by atoms with Crippen molar-refractivity contribution in [3.05, 3.63) is 87.4 Å². The average molecular weight is 439 g/mol. The van der Waals surface area contributed by atoms with Crippen LogP contribution < -0.4 is 5.73 Å². The zero-order chi connectivity index (χ0) is 19.7. The normalized spacial score (nSPS) is 23.1. The molecular formula is C20H18Cl3N3O2. The van der Waals surface area contributed by atoms with E-state index in [9.17, 15) is 0 Å². The van der Waals surface area contributed by atoms with Crippen molar-refractivity contribution in [2.45, 2.75) is 24.5 Å². The Morgan fingerprint density at radius 2 is 1.89 bits per heavy atom. The minimum Gasteiger partial charge on any atom is -0.342 e. The Balaban J connectivity index is 1.66. The smallest absolute Gasteiger partial charge is 0.215 e. The number of imidazole rings is 1. The number of hydrogen-bond acceptors (Lipinski definition) is 4. The molecule has 2 aromatic carbocycles. The Labute approximate surface area is 177 Å². The number of rotatable bonds is 5. The van der Waals surface area contributed by atoms with Gasteiger partial charge < -0.3 is 19.8 Å². The first kappa shape index (κ1) is 19.7. The van der Waals surface area contributed by atoms with Gasteiger partial charge in [0.25, 0.3) is 0 Å². The summed E-state index contributed by atoms with van der Waals surface area (Å²) in [6.07, 6.45) is 4.87. The van der Waals surface area contributed by atoms with E-state index in [4.69, 9.17) is 50.0 Å². The highest BCUT2D eigenvalue weighted by Crippen LogP contribution is 2.42. The predicted octanol–water partition coefficient (Wildman–Crippen LogP) is 4.81. The molecule has 3 aromatic rings. The third-order valence-corrected chi connectivity index (χ3v) is 5.57. The lowest BCUT2D eigenvalue weighted by Crippen LogP contribution is -2.36. The van der Waals surface area contributed by atoms with E-state index < -0.39 is 5.79 Å². The van der Waals surface area contributed by atoms with Gasteiger partial charge in [-0.1, -0.05) is 53.0 Å². The highest BCUT2D eigenvalue weighted by atomic mass is 35.5. The molecule has 0 aliphatic carbocycles. The van der Waals surface area contributed by atoms with Gasteiger partial charge in [-0.15, -0.1) is 0 Å². The quantitative estimate of drug-likeness (QED) is 0.621. The molecule has 0 spiro atoms. The summed E-state index contributed by atoms with van der Waals surface area (Å²) in [5.74, 6) is -1.10. The minimum atomic E-state index is -1.10. The molecule has 1 aromatic heterocycles. The predicted molar refractivity (Wildman–Crippen MR) is 110 cm³/mol. The third kappa shape index (κ3) is 3.92. The second-order valence-electron chi connectivity index (χ2n) is 6.66. The summed E-state index contributed by atoms with van der Waals surface area (Å²) in [4.78, 5) is 4.10. The lowest BCUT2D eigenvalue weighted by molar-refractivity contribution is -0.188. The summed E-state index contributed by atoms with van der Waals surface area (Å²) in [6.45, 7) is 0.690. The zero-order valence-corrected chi connectivity index (χ0v) is 17.0. The Morgan fingerprint density at radius 1 is 1.14 bits per heavy atom. The van der Waals surface area contributed by atoms with Crippen molar-refractivity contribution < 1.29 is 9.47 Å². The number of halogens is 3. The first-order chi connectivity index (χ1) is 13.5. The monoisotopic (exact) mass is 437 g/mol. The van der Waals surface area contributed by atoms with E-state index in [-0.39, 0.29) is 12.1 Å². The topological polar surface area (TPSA) is 62.3 Å². The molecular weight excluding hydrogens is 421 g/mol. The van der Waals surface area contributed by atoms with Gasteiger partial charge in [0.2, 0.25) is 5.79 Å². The van der Waals surface area contributed by atoms with Crippen LogP contribution in [0.2, 0.25) is 15.1 Å². The number of ether oxygens (including phenoxy) is 2. The fraction of sp³-hybridized carbons (Fsp3) is 0.250. The molecule has 8 heteroatoms. The molecule has 1 aliphatic rings. The van der Waals surface area contributed by atoms with Crippen molar-refractivity contribution in [1.29, 1.82) is 0 Å². The van der Waals surface area contributed by atoms with Gasteiger partial charge in [-0.3, -0.25) is 0 Å². The maximum atomic E-state index is 6.49. The molecule has 3 atom stereocenters. The van der Waals surface area contributed by atoms with E-state index in [1.54, 1.807) is 36.8 Å². The Hall–Kier alpha value is -1.60. The summed E-state index contributed by atoms with van der Waals surface area (Å²) in [7, 11) is 0. The van der Waals surface area contributed by atoms with Crippen molar-refractivity contribution in [3.63, 3.8) is 0 Å². The SMILES string of the molecule is NC(c1ccc(Cl)cc1)C1COC(Cn2ccnc2)(c2ccc(Cl)cc2Cl)O1. The molecule has 4 rings (SSSR count). The van der Waals surface area contributed by atoms with Crippen molar-refractivity contribution >= 4 is 34.8 Å². The molecule has 0 saturated carbocycles. The van der Waals surface area contributed by atoms with Crippen LogP contribution in [0.15, 0.2) is 61.2 Å². The summed E-state index contributed by atoms with van der Waals surface area (Å²) in [5, 5.41) is 1.66. The second-order valence-corrected chi connectivity index (χ2v) is 7.94. The number of aromatic nitrogens is 2. The van der Waals surface area contributed by atoms with E-state index in [1.165, 1.54) is 0 Å². The van der Waals surface area contributed by atoms with Crippen LogP contribution in [0.1, 0.15) is 17.2 Å². The van der Waals surface area contributed by atoms with Gasteiger partial charge in [0, 0.05) is 28.0 Å². The third-order valence-electron chi connectivity index (χ3n) is 4.77. The van der Waals surface area contributed by atoms with E-state index in [2.05, 4.69) is 4.98 Å². The molecule has 28 heavy (non-hydrogen) atoms. The summed E-state index contributed by atoms with van der Waals surface area (Å²) >= 11 is 18.5. The van der Waals surface area contributed by atoms with Crippen molar-refractivity contribution in [1.82, 2.24) is 9.55 Å². The van der Waals surface area contributed by atoms with Gasteiger partial charge in [0.1, 0.15) is 6.10 Å². The lowest BCUT2D eigenvalue weighted by atomic mass is 10.0. The van der Waals surface area contributed by atoms with Crippen LogP contribution >= 0.6 is 34.8 Å². The van der Waals surface area contributed by atoms with Crippen molar-refractivity contribution in [3.8, 4) is 0 Å². The molecule has 2 N–H and O–H groups in total. The van der Waals surface area contributed by atoms with Gasteiger partial charge in [0.05, 0.1) is 30.5 Å². The number of nitrogens with zero attached hydrogens (tertiary/aromatic N) is 2. The standard InChI is InChI=1S/C20H18Cl3N3O2/c21-14-3-1-13(2-4-14)19(24)18-10-27-20(28-18,11-26-8-7-25-12-26)16-6-5-15(22)9-17(16)23/h1-9,12,18-19H,10-11,24H2. The van der Waals surface area contributed by atoms with Crippen LogP contribution in [0.5, 0.6) is 0 Å². The second kappa shape index (κ2) is 8.03. The Morgan fingerprint density at radius 3 is 2.57 bits per heavy atom. The van der Waals surface area contributed by atoms with Gasteiger partial charge in [-0.25, -0.2) is 4.98 Å². The summed E-state index contributed by atoms with van der Waals surface area (Å²) in [5.41, 5.74) is 8.07. The summed E-state index contributed by atoms with van der Waals surface area (Å²) in [6, 6.07) is 12.3. The molecule has 146 valence electrons. The molecule has 1 fully saturated rings. The fourth-order valence-electron chi connectivity index (χ4n) is 3.33. The highest BCUT2D eigenvalue weighted by Gasteiger charge is 2.46. The van der Waals surface area contributed by atoms with E-state index >= 15 is 0 Å². The number of nitrogens with two attached hydrogens (primary N) is 1. The first-order valence-electron chi connectivity index (χ1n) is 8.71. The molecule has 3 unspecified atom stereocenters. The molecule has 0 bridgehead atoms. The summed E-state index contributed by atoms with van der Waals surface area (Å²) < 4.78 is 14.5. The van der Waals surface area contributed by atoms with Crippen LogP contribution in [-0.4, -0.2) is 22.3 Å². The van der Waals surface area contributed by atoms with Crippen LogP contribution in [0.25, 0.3) is 0 Å². The minimum absolute atomic E-state index is 0.317. The first-order valence-corrected chi connectivity index (χ1v) is 9.84. The van der Waals surface area contributed by atoms with Crippen LogP contribution in [-0.2, 0) is 21.8 Å². The van der Waals surface area contributed by atoms with E-state index in [0.29, 0.717) is 33.8 Å². The van der Waals surface area contributed by atoms with Crippen LogP contribution in [0.3, 0.4) is 0 Å². The van der Waals surface area contributed by atoms with Gasteiger partial charge >= 0.3 is 0 Å². The molecule has 1 aliphatic heterocycles. The van der Waals surface area contributed by atoms with Crippen molar-refractivity contribution in [2.75, 3.05) is 6.61 Å². The molecule has 5 nitrogen and oxygen atoms in total. The molecule has 0 amide bonds. The highest BCUT2D eigenvalue weighted by molar-refractivity contribution is 6.35. The van der Waals surface area contributed by atoms with Crippen LogP contribution in [0, 0.1) is 0 Å². The zero-order valence-electron chi connectivity index (χ0n) is 14.8. The van der Waals surface area contributed by atoms with Gasteiger partial charge in [-0.2, -0.15) is 0 Å². The molecule has 1 saturated heterocycles. The average Bonchev–Trinajstić information content (AvgIpc) is 3.33. The molecule has 0 radical (unpaired) electrons. The van der Waals surface area contributed by atoms with E-state index in [1.807, 2.05) is 29.0 Å². The van der Waals surface area contributed by atoms with Crippen molar-refractivity contribution in [2.24, 2.45) is 5.73 Å². The Bertz CT molecular complexity index is 950. The van der Waals surface area contributed by atoms with Gasteiger partial charge in [0.15, 0.2) is 0 Å². The van der Waals surface area contributed by atoms with E-state index in [0.717, 1.165) is 5.56 Å². The largest absolute Gasteiger partial charge is 0.342 e.